The number of ether oxygens (including phenoxy) is 3. The average molecular weight is 263 g/mol. The van der Waals surface area contributed by atoms with E-state index in [-0.39, 0.29) is 6.54 Å². The van der Waals surface area contributed by atoms with Crippen LogP contribution in [0.15, 0.2) is 0 Å². The fraction of sp³-hybridized carbons (Fsp3) is 0.909. The fourth-order valence-electron chi connectivity index (χ4n) is 1.33. The Kier molecular flexibility index (Phi) is 9.34. The van der Waals surface area contributed by atoms with Gasteiger partial charge in [0.2, 0.25) is 0 Å². The number of hydrogen-bond acceptors (Lipinski definition) is 5. The highest BCUT2D eigenvalue weighted by Gasteiger charge is 2.35. The highest BCUT2D eigenvalue weighted by molar-refractivity contribution is 6.08. The Bertz CT molecular complexity index is 206. The first kappa shape index (κ1) is 16.6. The van der Waals surface area contributed by atoms with Crippen molar-refractivity contribution in [2.45, 2.75) is 45.1 Å². The van der Waals surface area contributed by atoms with E-state index in [2.05, 4.69) is 0 Å². The van der Waals surface area contributed by atoms with Crippen LogP contribution in [0.1, 0.15) is 33.1 Å². The van der Waals surface area contributed by atoms with Gasteiger partial charge >= 0.3 is 11.9 Å². The van der Waals surface area contributed by atoms with Gasteiger partial charge in [0, 0.05) is 16.7 Å². The molecule has 6 heteroatoms. The van der Waals surface area contributed by atoms with Crippen molar-refractivity contribution in [3.05, 3.63) is 0 Å². The van der Waals surface area contributed by atoms with E-state index in [4.69, 9.17) is 19.9 Å². The molecule has 0 unspecified atom stereocenters. The molecule has 0 radical (unpaired) electrons. The van der Waals surface area contributed by atoms with Crippen LogP contribution < -0.4 is 5.73 Å². The number of hydrogen-bond donors (Lipinski definition) is 1. The zero-order valence-corrected chi connectivity index (χ0v) is 13.2. The van der Waals surface area contributed by atoms with Gasteiger partial charge in [-0.2, -0.15) is 0 Å². The van der Waals surface area contributed by atoms with Crippen molar-refractivity contribution < 1.29 is 19.0 Å². The molecule has 0 aliphatic rings. The number of carbonyl (C=O) groups excluding carboxylic acids is 1. The molecule has 0 saturated carbocycles. The van der Waals surface area contributed by atoms with E-state index in [1.54, 1.807) is 0 Å². The summed E-state index contributed by atoms with van der Waals surface area (Å²) in [6.45, 7) is 4.84. The van der Waals surface area contributed by atoms with Gasteiger partial charge in [0.1, 0.15) is 0 Å². The average Bonchev–Trinajstić information content (AvgIpc) is 2.34. The molecule has 0 aliphatic heterocycles. The molecule has 0 spiro atoms. The molecule has 17 heavy (non-hydrogen) atoms. The largest absolute Gasteiger partial charge is 0.407 e. The molecule has 0 saturated heterocycles. The van der Waals surface area contributed by atoms with Gasteiger partial charge in [-0.15, -0.1) is 0 Å². The van der Waals surface area contributed by atoms with Gasteiger partial charge in [-0.3, -0.25) is 4.79 Å². The van der Waals surface area contributed by atoms with Crippen molar-refractivity contribution in [2.75, 3.05) is 19.8 Å². The second kappa shape index (κ2) is 9.58. The van der Waals surface area contributed by atoms with Crippen molar-refractivity contribution >= 4 is 16.2 Å². The Morgan fingerprint density at radius 1 is 1.24 bits per heavy atom. The van der Waals surface area contributed by atoms with E-state index >= 15 is 0 Å². The van der Waals surface area contributed by atoms with E-state index in [1.807, 2.05) is 13.8 Å². The second-order valence-corrected chi connectivity index (χ2v) is 4.81. The van der Waals surface area contributed by atoms with Gasteiger partial charge in [0.15, 0.2) is 0 Å². The zero-order valence-electron chi connectivity index (χ0n) is 11.2. The molecule has 2 N–H and O–H groups in total. The predicted molar refractivity (Wildman–Crippen MR) is 69.7 cm³/mol. The van der Waals surface area contributed by atoms with Gasteiger partial charge in [-0.05, 0) is 12.8 Å². The van der Waals surface area contributed by atoms with Crippen LogP contribution in [0.5, 0.6) is 0 Å². The van der Waals surface area contributed by atoms with Crippen LogP contribution in [0.25, 0.3) is 0 Å². The van der Waals surface area contributed by atoms with Crippen LogP contribution in [-0.2, 0) is 19.0 Å². The second-order valence-electron chi connectivity index (χ2n) is 3.81. The number of esters is 1. The molecule has 102 valence electrons. The lowest BCUT2D eigenvalue weighted by atomic mass is 10.4. The van der Waals surface area contributed by atoms with E-state index in [1.165, 1.54) is 0 Å². The lowest BCUT2D eigenvalue weighted by Gasteiger charge is -2.32. The smallest absolute Gasteiger partial charge is 0.328 e. The maximum atomic E-state index is 11.3. The lowest BCUT2D eigenvalue weighted by molar-refractivity contribution is -0.363. The van der Waals surface area contributed by atoms with E-state index < -0.39 is 11.9 Å². The fourth-order valence-corrected chi connectivity index (χ4v) is 1.94. The summed E-state index contributed by atoms with van der Waals surface area (Å²) in [7, 11) is 1.01. The Hall–Kier alpha value is -0.433. The Morgan fingerprint density at radius 3 is 2.12 bits per heavy atom. The minimum atomic E-state index is -1.22. The van der Waals surface area contributed by atoms with Crippen LogP contribution in [0, 0.1) is 0 Å². The molecule has 0 atom stereocenters. The van der Waals surface area contributed by atoms with Gasteiger partial charge in [0.05, 0.1) is 19.8 Å². The summed E-state index contributed by atoms with van der Waals surface area (Å²) in [6.07, 6.45) is 2.27. The maximum Gasteiger partial charge on any atom is 0.328 e. The zero-order chi connectivity index (χ0) is 13.1. The number of rotatable bonds is 10. The molecule has 0 bridgehead atoms. The standard InChI is InChI=1S/C11H25NO4Si/c1-3-6-14-11(5-8-17,15-7-4-2)16-10(13)9-12/h3-9,12H2,1-2,17H3. The summed E-state index contributed by atoms with van der Waals surface area (Å²) < 4.78 is 16.4. The van der Waals surface area contributed by atoms with E-state index in [9.17, 15) is 4.79 Å². The summed E-state index contributed by atoms with van der Waals surface area (Å²) in [6, 6.07) is 0.936. The maximum absolute atomic E-state index is 11.3. The van der Waals surface area contributed by atoms with Crippen molar-refractivity contribution in [2.24, 2.45) is 5.73 Å². The highest BCUT2D eigenvalue weighted by atomic mass is 28.1. The van der Waals surface area contributed by atoms with Gasteiger partial charge in [0.25, 0.3) is 0 Å². The highest BCUT2D eigenvalue weighted by Crippen LogP contribution is 2.22. The van der Waals surface area contributed by atoms with Gasteiger partial charge in [-0.1, -0.05) is 19.9 Å². The van der Waals surface area contributed by atoms with Crippen molar-refractivity contribution in [3.8, 4) is 0 Å². The molecule has 0 fully saturated rings. The molecule has 0 aliphatic carbocycles. The summed E-state index contributed by atoms with van der Waals surface area (Å²) in [5, 5.41) is 0. The molecule has 0 rings (SSSR count). The van der Waals surface area contributed by atoms with Crippen LogP contribution >= 0.6 is 0 Å². The molecule has 0 amide bonds. The van der Waals surface area contributed by atoms with E-state index in [0.29, 0.717) is 19.6 Å². The van der Waals surface area contributed by atoms with Gasteiger partial charge < -0.3 is 19.9 Å². The topological polar surface area (TPSA) is 70.8 Å². The third-order valence-electron chi connectivity index (χ3n) is 2.04. The Labute approximate surface area is 106 Å². The molecule has 0 heterocycles. The molecule has 0 aromatic rings. The molecular weight excluding hydrogens is 238 g/mol. The van der Waals surface area contributed by atoms with E-state index in [0.717, 1.165) is 29.1 Å². The number of nitrogens with two attached hydrogens (primary N) is 1. The minimum Gasteiger partial charge on any atom is -0.407 e. The first-order valence-electron chi connectivity index (χ1n) is 6.33. The monoisotopic (exact) mass is 263 g/mol. The van der Waals surface area contributed by atoms with Gasteiger partial charge in [-0.25, -0.2) is 0 Å². The molecule has 0 aromatic heterocycles. The minimum absolute atomic E-state index is 0.159. The Balaban J connectivity index is 4.60. The predicted octanol–water partition coefficient (Wildman–Crippen LogP) is 0.169. The van der Waals surface area contributed by atoms with Crippen LogP contribution in [0.4, 0.5) is 0 Å². The third kappa shape index (κ3) is 6.77. The number of carbonyl (C=O) groups is 1. The quantitative estimate of drug-likeness (QED) is 0.346. The third-order valence-corrected chi connectivity index (χ3v) is 2.54. The van der Waals surface area contributed by atoms with Crippen molar-refractivity contribution in [1.29, 1.82) is 0 Å². The molecular formula is C11H25NO4Si. The summed E-state index contributed by atoms with van der Waals surface area (Å²) in [5.41, 5.74) is 5.26. The van der Waals surface area contributed by atoms with Crippen LogP contribution in [0.2, 0.25) is 6.04 Å². The van der Waals surface area contributed by atoms with Crippen LogP contribution in [0.3, 0.4) is 0 Å². The Morgan fingerprint density at radius 2 is 1.76 bits per heavy atom. The summed E-state index contributed by atoms with van der Waals surface area (Å²) in [5.74, 6) is -1.71. The first-order valence-corrected chi connectivity index (χ1v) is 7.75. The first-order chi connectivity index (χ1) is 8.14. The molecule has 5 nitrogen and oxygen atoms in total. The van der Waals surface area contributed by atoms with Crippen LogP contribution in [-0.4, -0.2) is 41.9 Å². The van der Waals surface area contributed by atoms with Crippen molar-refractivity contribution in [3.63, 3.8) is 0 Å². The summed E-state index contributed by atoms with van der Waals surface area (Å²) in [4.78, 5) is 11.3. The lowest BCUT2D eigenvalue weighted by Crippen LogP contribution is -2.43. The summed E-state index contributed by atoms with van der Waals surface area (Å²) >= 11 is 0. The van der Waals surface area contributed by atoms with Crippen molar-refractivity contribution in [1.82, 2.24) is 0 Å². The molecule has 0 aromatic carbocycles. The SMILES string of the molecule is CCCOC(CC[SiH3])(OCCC)OC(=O)CN. The normalized spacial score (nSPS) is 11.7.